The van der Waals surface area contributed by atoms with Crippen LogP contribution in [0.2, 0.25) is 0 Å². The largest absolute Gasteiger partial charge is 0.504 e. The van der Waals surface area contributed by atoms with Crippen molar-refractivity contribution in [3.8, 4) is 5.75 Å². The average molecular weight is 278 g/mol. The van der Waals surface area contributed by atoms with Crippen LogP contribution in [-0.4, -0.2) is 27.5 Å². The minimum absolute atomic E-state index is 0.0575. The summed E-state index contributed by atoms with van der Waals surface area (Å²) in [5.74, 6) is -0.165. The molecule has 2 heterocycles. The number of aromatic nitrogens is 2. The van der Waals surface area contributed by atoms with E-state index >= 15 is 0 Å². The number of hydrogen-bond acceptors (Lipinski definition) is 6. The summed E-state index contributed by atoms with van der Waals surface area (Å²) in [7, 11) is 0. The molecule has 4 N–H and O–H groups in total. The summed E-state index contributed by atoms with van der Waals surface area (Å²) in [5.41, 5.74) is 6.14. The van der Waals surface area contributed by atoms with Crippen LogP contribution in [0.25, 0.3) is 0 Å². The van der Waals surface area contributed by atoms with Gasteiger partial charge in [-0.1, -0.05) is 0 Å². The van der Waals surface area contributed by atoms with E-state index in [1.807, 2.05) is 5.38 Å². The quantitative estimate of drug-likeness (QED) is 0.755. The van der Waals surface area contributed by atoms with Crippen LogP contribution in [-0.2, 0) is 17.6 Å². The predicted molar refractivity (Wildman–Crippen MR) is 73.1 cm³/mol. The van der Waals surface area contributed by atoms with Crippen LogP contribution in [0.15, 0.2) is 23.7 Å². The molecule has 0 spiro atoms. The van der Waals surface area contributed by atoms with Crippen LogP contribution in [0, 0.1) is 0 Å². The van der Waals surface area contributed by atoms with Crippen molar-refractivity contribution in [2.24, 2.45) is 5.73 Å². The fourth-order valence-electron chi connectivity index (χ4n) is 1.50. The summed E-state index contributed by atoms with van der Waals surface area (Å²) < 4.78 is 0. The number of pyridine rings is 1. The second-order valence-electron chi connectivity index (χ2n) is 3.87. The lowest BCUT2D eigenvalue weighted by atomic mass is 10.3. The second-order valence-corrected chi connectivity index (χ2v) is 4.81. The van der Waals surface area contributed by atoms with Crippen LogP contribution < -0.4 is 11.1 Å². The highest BCUT2D eigenvalue weighted by molar-refractivity contribution is 7.09. The highest BCUT2D eigenvalue weighted by Gasteiger charge is 2.10. The van der Waals surface area contributed by atoms with Gasteiger partial charge in [0.05, 0.1) is 17.1 Å². The molecule has 0 fully saturated rings. The average Bonchev–Trinajstić information content (AvgIpc) is 2.80. The van der Waals surface area contributed by atoms with Crippen molar-refractivity contribution in [1.82, 2.24) is 9.97 Å². The van der Waals surface area contributed by atoms with E-state index in [4.69, 9.17) is 5.73 Å². The van der Waals surface area contributed by atoms with Crippen LogP contribution in [0.3, 0.4) is 0 Å². The smallest absolute Gasteiger partial charge is 0.231 e. The lowest BCUT2D eigenvalue weighted by Crippen LogP contribution is -2.15. The topological polar surface area (TPSA) is 101 Å². The summed E-state index contributed by atoms with van der Waals surface area (Å²) in [6.07, 6.45) is 2.36. The number of nitrogens with zero attached hydrogens (tertiary/aromatic N) is 2. The van der Waals surface area contributed by atoms with Crippen LogP contribution >= 0.6 is 11.3 Å². The molecular weight excluding hydrogens is 264 g/mol. The number of hydrogen-bond donors (Lipinski definition) is 3. The molecule has 2 aromatic heterocycles. The molecule has 0 radical (unpaired) electrons. The lowest BCUT2D eigenvalue weighted by molar-refractivity contribution is -0.115. The molecule has 0 saturated carbocycles. The number of rotatable bonds is 5. The Morgan fingerprint density at radius 2 is 2.37 bits per heavy atom. The molecule has 6 nitrogen and oxygen atoms in total. The van der Waals surface area contributed by atoms with E-state index in [1.165, 1.54) is 23.6 Å². The molecule has 2 aromatic rings. The van der Waals surface area contributed by atoms with E-state index < -0.39 is 0 Å². The van der Waals surface area contributed by atoms with Crippen LogP contribution in [0.4, 0.5) is 5.82 Å². The molecule has 7 heteroatoms. The van der Waals surface area contributed by atoms with Crippen molar-refractivity contribution < 1.29 is 9.90 Å². The van der Waals surface area contributed by atoms with Gasteiger partial charge < -0.3 is 16.2 Å². The van der Waals surface area contributed by atoms with Crippen molar-refractivity contribution in [2.45, 2.75) is 12.8 Å². The summed E-state index contributed by atoms with van der Waals surface area (Å²) in [5, 5.41) is 14.8. The maximum Gasteiger partial charge on any atom is 0.231 e. The summed E-state index contributed by atoms with van der Waals surface area (Å²) in [6, 6.07) is 3.05. The van der Waals surface area contributed by atoms with E-state index in [0.29, 0.717) is 18.7 Å². The number of amides is 1. The molecular formula is C12H14N4O2S. The van der Waals surface area contributed by atoms with Gasteiger partial charge in [0.2, 0.25) is 5.91 Å². The molecule has 100 valence electrons. The van der Waals surface area contributed by atoms with Gasteiger partial charge in [0.1, 0.15) is 0 Å². The summed E-state index contributed by atoms with van der Waals surface area (Å²) >= 11 is 1.49. The first-order valence-electron chi connectivity index (χ1n) is 5.76. The van der Waals surface area contributed by atoms with E-state index in [2.05, 4.69) is 15.3 Å². The van der Waals surface area contributed by atoms with Gasteiger partial charge in [-0.15, -0.1) is 11.3 Å². The zero-order chi connectivity index (χ0) is 13.7. The first-order chi connectivity index (χ1) is 9.19. The fourth-order valence-corrected chi connectivity index (χ4v) is 2.32. The van der Waals surface area contributed by atoms with Crippen molar-refractivity contribution in [2.75, 3.05) is 11.9 Å². The fraction of sp³-hybridized carbons (Fsp3) is 0.250. The molecule has 0 aliphatic heterocycles. The molecule has 0 unspecified atom stereocenters. The van der Waals surface area contributed by atoms with Gasteiger partial charge in [0.25, 0.3) is 0 Å². The Labute approximate surface area is 114 Å². The number of carbonyl (C=O) groups is 1. The van der Waals surface area contributed by atoms with Crippen molar-refractivity contribution in [3.05, 3.63) is 34.4 Å². The minimum Gasteiger partial charge on any atom is -0.504 e. The Morgan fingerprint density at radius 1 is 1.53 bits per heavy atom. The first-order valence-corrected chi connectivity index (χ1v) is 6.64. The number of aromatic hydroxyl groups is 1. The number of carbonyl (C=O) groups excluding carboxylic acids is 1. The van der Waals surface area contributed by atoms with Gasteiger partial charge in [-0.3, -0.25) is 4.79 Å². The number of nitrogens with one attached hydrogen (secondary N) is 1. The highest BCUT2D eigenvalue weighted by atomic mass is 32.1. The molecule has 0 bridgehead atoms. The van der Waals surface area contributed by atoms with Crippen molar-refractivity contribution in [3.63, 3.8) is 0 Å². The summed E-state index contributed by atoms with van der Waals surface area (Å²) in [6.45, 7) is 0.543. The van der Waals surface area contributed by atoms with Gasteiger partial charge in [-0.25, -0.2) is 9.97 Å². The standard InChI is InChI=1S/C12H14N4O2S/c13-4-3-11-15-8(7-19-11)6-10(18)16-12-9(17)2-1-5-14-12/h1-2,5,7,17H,3-4,6,13H2,(H,14,16,18). The van der Waals surface area contributed by atoms with Crippen molar-refractivity contribution >= 4 is 23.1 Å². The molecule has 0 aromatic carbocycles. The third-order valence-electron chi connectivity index (χ3n) is 2.34. The Hall–Kier alpha value is -1.99. The minimum atomic E-state index is -0.265. The Balaban J connectivity index is 1.95. The van der Waals surface area contributed by atoms with Gasteiger partial charge in [0, 0.05) is 18.0 Å². The number of thiazole rings is 1. The van der Waals surface area contributed by atoms with Crippen LogP contribution in [0.5, 0.6) is 5.75 Å². The van der Waals surface area contributed by atoms with E-state index in [1.54, 1.807) is 6.07 Å². The first kappa shape index (κ1) is 13.4. The van der Waals surface area contributed by atoms with E-state index in [0.717, 1.165) is 5.01 Å². The second kappa shape index (κ2) is 6.26. The maximum atomic E-state index is 11.8. The normalized spacial score (nSPS) is 10.4. The number of anilines is 1. The molecule has 0 saturated heterocycles. The molecule has 0 aliphatic carbocycles. The Morgan fingerprint density at radius 3 is 3.11 bits per heavy atom. The monoisotopic (exact) mass is 278 g/mol. The molecule has 0 aliphatic rings. The zero-order valence-electron chi connectivity index (χ0n) is 10.2. The lowest BCUT2D eigenvalue weighted by Gasteiger charge is -2.04. The van der Waals surface area contributed by atoms with Crippen molar-refractivity contribution in [1.29, 1.82) is 0 Å². The van der Waals surface area contributed by atoms with Gasteiger partial charge in [0.15, 0.2) is 11.6 Å². The highest BCUT2D eigenvalue weighted by Crippen LogP contribution is 2.18. The zero-order valence-corrected chi connectivity index (χ0v) is 11.0. The predicted octanol–water partition coefficient (Wildman–Crippen LogP) is 0.926. The third kappa shape index (κ3) is 3.73. The van der Waals surface area contributed by atoms with E-state index in [-0.39, 0.29) is 23.9 Å². The van der Waals surface area contributed by atoms with Gasteiger partial charge in [-0.2, -0.15) is 0 Å². The molecule has 0 atom stereocenters. The van der Waals surface area contributed by atoms with Gasteiger partial charge >= 0.3 is 0 Å². The summed E-state index contributed by atoms with van der Waals surface area (Å²) in [4.78, 5) is 20.0. The number of nitrogens with two attached hydrogens (primary N) is 1. The van der Waals surface area contributed by atoms with Crippen LogP contribution in [0.1, 0.15) is 10.7 Å². The molecule has 2 rings (SSSR count). The third-order valence-corrected chi connectivity index (χ3v) is 3.30. The Kier molecular flexibility index (Phi) is 4.43. The van der Waals surface area contributed by atoms with Gasteiger partial charge in [-0.05, 0) is 18.7 Å². The SMILES string of the molecule is NCCc1nc(CC(=O)Nc2ncccc2O)cs1. The maximum absolute atomic E-state index is 11.8. The van der Waals surface area contributed by atoms with E-state index in [9.17, 15) is 9.90 Å². The Bertz CT molecular complexity index is 570. The molecule has 19 heavy (non-hydrogen) atoms. The molecule has 1 amide bonds.